The van der Waals surface area contributed by atoms with Crippen molar-refractivity contribution >= 4 is 16.5 Å². The minimum atomic E-state index is 0.797. The summed E-state index contributed by atoms with van der Waals surface area (Å²) in [4.78, 5) is 12.7. The van der Waals surface area contributed by atoms with Crippen molar-refractivity contribution in [2.45, 2.75) is 32.2 Å². The van der Waals surface area contributed by atoms with Gasteiger partial charge in [0, 0.05) is 32.0 Å². The molecule has 2 aliphatic rings. The highest BCUT2D eigenvalue weighted by atomic mass is 32.1. The van der Waals surface area contributed by atoms with Crippen molar-refractivity contribution in [2.24, 2.45) is 5.92 Å². The van der Waals surface area contributed by atoms with Crippen molar-refractivity contribution in [3.05, 3.63) is 18.6 Å². The van der Waals surface area contributed by atoms with Crippen LogP contribution in [0.25, 0.3) is 10.7 Å². The van der Waals surface area contributed by atoms with Gasteiger partial charge in [0.1, 0.15) is 0 Å². The Bertz CT molecular complexity index is 611. The standard InChI is InChI=1S/C16H22N4OS/c1-2-4-13(3-1)12-20-6-5-17-15(20)14-11-18-16(22-14)19-7-9-21-10-8-19/h5-6,11,13H,1-4,7-10,12H2. The van der Waals surface area contributed by atoms with E-state index in [0.29, 0.717) is 0 Å². The van der Waals surface area contributed by atoms with Gasteiger partial charge in [-0.1, -0.05) is 24.2 Å². The third kappa shape index (κ3) is 2.90. The Morgan fingerprint density at radius 1 is 1.18 bits per heavy atom. The van der Waals surface area contributed by atoms with E-state index in [-0.39, 0.29) is 0 Å². The molecule has 5 nitrogen and oxygen atoms in total. The number of anilines is 1. The molecule has 2 aromatic rings. The van der Waals surface area contributed by atoms with Gasteiger partial charge in [0.2, 0.25) is 0 Å². The Labute approximate surface area is 134 Å². The summed E-state index contributed by atoms with van der Waals surface area (Å²) in [7, 11) is 0. The van der Waals surface area contributed by atoms with Crippen molar-refractivity contribution in [3.8, 4) is 10.7 Å². The van der Waals surface area contributed by atoms with E-state index in [0.717, 1.165) is 49.7 Å². The Morgan fingerprint density at radius 2 is 2.00 bits per heavy atom. The number of rotatable bonds is 4. The lowest BCUT2D eigenvalue weighted by molar-refractivity contribution is 0.122. The van der Waals surface area contributed by atoms with Gasteiger partial charge in [0.15, 0.2) is 11.0 Å². The van der Waals surface area contributed by atoms with Gasteiger partial charge in [-0.25, -0.2) is 9.97 Å². The Balaban J connectivity index is 1.52. The zero-order valence-corrected chi connectivity index (χ0v) is 13.6. The van der Waals surface area contributed by atoms with Gasteiger partial charge >= 0.3 is 0 Å². The van der Waals surface area contributed by atoms with Gasteiger partial charge in [-0.2, -0.15) is 0 Å². The molecule has 3 heterocycles. The molecule has 0 unspecified atom stereocenters. The van der Waals surface area contributed by atoms with E-state index in [1.807, 2.05) is 12.4 Å². The molecule has 0 N–H and O–H groups in total. The van der Waals surface area contributed by atoms with Crippen molar-refractivity contribution in [1.29, 1.82) is 0 Å². The number of hydrogen-bond donors (Lipinski definition) is 0. The van der Waals surface area contributed by atoms with Crippen LogP contribution in [0.2, 0.25) is 0 Å². The molecule has 0 aromatic carbocycles. The van der Waals surface area contributed by atoms with Crippen molar-refractivity contribution < 1.29 is 4.74 Å². The first kappa shape index (κ1) is 14.2. The van der Waals surface area contributed by atoms with Crippen molar-refractivity contribution in [3.63, 3.8) is 0 Å². The van der Waals surface area contributed by atoms with Crippen molar-refractivity contribution in [2.75, 3.05) is 31.2 Å². The minimum absolute atomic E-state index is 0.797. The molecule has 0 bridgehead atoms. The second-order valence-corrected chi connectivity index (χ2v) is 7.17. The summed E-state index contributed by atoms with van der Waals surface area (Å²) in [5.41, 5.74) is 0. The molecule has 4 rings (SSSR count). The van der Waals surface area contributed by atoms with Gasteiger partial charge in [0.25, 0.3) is 0 Å². The number of hydrogen-bond acceptors (Lipinski definition) is 5. The molecule has 0 atom stereocenters. The van der Waals surface area contributed by atoms with Gasteiger partial charge in [-0.05, 0) is 18.8 Å². The van der Waals surface area contributed by atoms with E-state index >= 15 is 0 Å². The van der Waals surface area contributed by atoms with Crippen LogP contribution >= 0.6 is 11.3 Å². The Kier molecular flexibility index (Phi) is 4.12. The van der Waals surface area contributed by atoms with E-state index in [4.69, 9.17) is 4.74 Å². The van der Waals surface area contributed by atoms with Crippen LogP contribution in [-0.4, -0.2) is 40.8 Å². The molecule has 2 aromatic heterocycles. The van der Waals surface area contributed by atoms with E-state index in [9.17, 15) is 0 Å². The van der Waals surface area contributed by atoms with Crippen LogP contribution in [0, 0.1) is 5.92 Å². The summed E-state index contributed by atoms with van der Waals surface area (Å²) in [5, 5.41) is 1.09. The van der Waals surface area contributed by atoms with Gasteiger partial charge in [-0.15, -0.1) is 0 Å². The maximum atomic E-state index is 5.41. The molecule has 6 heteroatoms. The average molecular weight is 318 g/mol. The van der Waals surface area contributed by atoms with E-state index in [2.05, 4.69) is 25.6 Å². The number of thiazole rings is 1. The highest BCUT2D eigenvalue weighted by Crippen LogP contribution is 2.32. The first-order valence-electron chi connectivity index (χ1n) is 8.20. The van der Waals surface area contributed by atoms with Crippen LogP contribution in [0.4, 0.5) is 5.13 Å². The lowest BCUT2D eigenvalue weighted by Gasteiger charge is -2.25. The summed E-state index contributed by atoms with van der Waals surface area (Å²) in [6.45, 7) is 4.56. The van der Waals surface area contributed by atoms with Crippen LogP contribution in [-0.2, 0) is 11.3 Å². The number of nitrogens with zero attached hydrogens (tertiary/aromatic N) is 4. The summed E-state index contributed by atoms with van der Waals surface area (Å²) < 4.78 is 7.72. The summed E-state index contributed by atoms with van der Waals surface area (Å²) >= 11 is 1.75. The minimum Gasteiger partial charge on any atom is -0.378 e. The highest BCUT2D eigenvalue weighted by Gasteiger charge is 2.20. The number of imidazole rings is 1. The van der Waals surface area contributed by atoms with E-state index in [1.54, 1.807) is 11.3 Å². The first-order valence-corrected chi connectivity index (χ1v) is 9.02. The third-order valence-electron chi connectivity index (χ3n) is 4.64. The second-order valence-electron chi connectivity index (χ2n) is 6.16. The third-order valence-corrected chi connectivity index (χ3v) is 5.69. The van der Waals surface area contributed by atoms with Crippen LogP contribution < -0.4 is 4.90 Å². The fraction of sp³-hybridized carbons (Fsp3) is 0.625. The smallest absolute Gasteiger partial charge is 0.186 e. The molecule has 2 fully saturated rings. The molecule has 1 aliphatic carbocycles. The molecule has 0 amide bonds. The molecule has 1 saturated heterocycles. The fourth-order valence-corrected chi connectivity index (χ4v) is 4.40. The molecule has 0 spiro atoms. The number of ether oxygens (including phenoxy) is 1. The summed E-state index contributed by atoms with van der Waals surface area (Å²) in [5.74, 6) is 1.89. The maximum Gasteiger partial charge on any atom is 0.186 e. The van der Waals surface area contributed by atoms with Crippen LogP contribution in [0.1, 0.15) is 25.7 Å². The number of aromatic nitrogens is 3. The topological polar surface area (TPSA) is 43.2 Å². The summed E-state index contributed by atoms with van der Waals surface area (Å²) in [6.07, 6.45) is 11.5. The van der Waals surface area contributed by atoms with Gasteiger partial charge in [0.05, 0.1) is 24.3 Å². The summed E-state index contributed by atoms with van der Waals surface area (Å²) in [6, 6.07) is 0. The van der Waals surface area contributed by atoms with Crippen LogP contribution in [0.3, 0.4) is 0 Å². The monoisotopic (exact) mass is 318 g/mol. The highest BCUT2D eigenvalue weighted by molar-refractivity contribution is 7.18. The van der Waals surface area contributed by atoms with Crippen LogP contribution in [0.15, 0.2) is 18.6 Å². The Hall–Kier alpha value is -1.40. The molecule has 118 valence electrons. The predicted molar refractivity (Wildman–Crippen MR) is 88.3 cm³/mol. The van der Waals surface area contributed by atoms with E-state index in [1.165, 1.54) is 30.6 Å². The predicted octanol–water partition coefficient (Wildman–Crippen LogP) is 3.03. The molecule has 1 aliphatic heterocycles. The zero-order chi connectivity index (χ0) is 14.8. The molecule has 22 heavy (non-hydrogen) atoms. The normalized spacial score (nSPS) is 19.9. The van der Waals surface area contributed by atoms with E-state index < -0.39 is 0 Å². The largest absolute Gasteiger partial charge is 0.378 e. The first-order chi connectivity index (χ1) is 10.9. The van der Waals surface area contributed by atoms with Gasteiger partial charge < -0.3 is 14.2 Å². The quantitative estimate of drug-likeness (QED) is 0.869. The molecular formula is C16H22N4OS. The second kappa shape index (κ2) is 6.38. The zero-order valence-electron chi connectivity index (χ0n) is 12.8. The Morgan fingerprint density at radius 3 is 2.82 bits per heavy atom. The SMILES string of the molecule is c1cn(CC2CCCC2)c(-c2cnc(N3CCOCC3)s2)n1. The lowest BCUT2D eigenvalue weighted by Crippen LogP contribution is -2.36. The average Bonchev–Trinajstić information content (AvgIpc) is 3.30. The molecule has 1 saturated carbocycles. The fourth-order valence-electron chi connectivity index (χ4n) is 3.42. The molecule has 0 radical (unpaired) electrons. The van der Waals surface area contributed by atoms with Gasteiger partial charge in [-0.3, -0.25) is 0 Å². The van der Waals surface area contributed by atoms with Crippen molar-refractivity contribution in [1.82, 2.24) is 14.5 Å². The lowest BCUT2D eigenvalue weighted by atomic mass is 10.1. The maximum absolute atomic E-state index is 5.41. The van der Waals surface area contributed by atoms with Crippen LogP contribution in [0.5, 0.6) is 0 Å². The molecular weight excluding hydrogens is 296 g/mol. The number of morpholine rings is 1.